The SMILES string of the molecule is CCNC(=NCC1CCCCC1C)NC1CC1. The third-order valence-corrected chi connectivity index (χ3v) is 4.04. The lowest BCUT2D eigenvalue weighted by molar-refractivity contribution is 0.263. The largest absolute Gasteiger partial charge is 0.357 e. The Balaban J connectivity index is 1.81. The van der Waals surface area contributed by atoms with E-state index < -0.39 is 0 Å². The first-order valence-electron chi connectivity index (χ1n) is 7.34. The predicted octanol–water partition coefficient (Wildman–Crippen LogP) is 2.53. The van der Waals surface area contributed by atoms with Gasteiger partial charge in [-0.3, -0.25) is 4.99 Å². The molecule has 2 saturated carbocycles. The Morgan fingerprint density at radius 3 is 2.59 bits per heavy atom. The molecule has 2 aliphatic rings. The zero-order valence-corrected chi connectivity index (χ0v) is 11.3. The number of guanidine groups is 1. The lowest BCUT2D eigenvalue weighted by atomic mass is 9.80. The van der Waals surface area contributed by atoms with Gasteiger partial charge in [0.05, 0.1) is 0 Å². The minimum atomic E-state index is 0.691. The molecule has 2 rings (SSSR count). The van der Waals surface area contributed by atoms with Gasteiger partial charge in [-0.05, 0) is 38.0 Å². The Morgan fingerprint density at radius 2 is 1.94 bits per heavy atom. The average Bonchev–Trinajstić information content (AvgIpc) is 3.12. The fourth-order valence-corrected chi connectivity index (χ4v) is 2.61. The van der Waals surface area contributed by atoms with Crippen molar-refractivity contribution in [1.29, 1.82) is 0 Å². The highest BCUT2D eigenvalue weighted by Gasteiger charge is 2.23. The van der Waals surface area contributed by atoms with E-state index in [2.05, 4.69) is 24.5 Å². The van der Waals surface area contributed by atoms with Crippen LogP contribution in [0.5, 0.6) is 0 Å². The third kappa shape index (κ3) is 4.21. The van der Waals surface area contributed by atoms with Crippen molar-refractivity contribution in [2.75, 3.05) is 13.1 Å². The van der Waals surface area contributed by atoms with E-state index in [4.69, 9.17) is 4.99 Å². The summed E-state index contributed by atoms with van der Waals surface area (Å²) < 4.78 is 0. The predicted molar refractivity (Wildman–Crippen MR) is 73.3 cm³/mol. The van der Waals surface area contributed by atoms with Gasteiger partial charge in [-0.2, -0.15) is 0 Å². The average molecular weight is 237 g/mol. The van der Waals surface area contributed by atoms with Crippen molar-refractivity contribution in [3.8, 4) is 0 Å². The summed E-state index contributed by atoms with van der Waals surface area (Å²) in [5.41, 5.74) is 0. The molecule has 0 aromatic carbocycles. The maximum absolute atomic E-state index is 4.76. The van der Waals surface area contributed by atoms with E-state index in [9.17, 15) is 0 Å². The molecule has 2 fully saturated rings. The summed E-state index contributed by atoms with van der Waals surface area (Å²) in [6, 6.07) is 0.691. The first kappa shape index (κ1) is 12.7. The number of hydrogen-bond donors (Lipinski definition) is 2. The van der Waals surface area contributed by atoms with Gasteiger partial charge in [-0.15, -0.1) is 0 Å². The van der Waals surface area contributed by atoms with Gasteiger partial charge in [0.25, 0.3) is 0 Å². The molecule has 3 nitrogen and oxygen atoms in total. The van der Waals surface area contributed by atoms with E-state index in [1.807, 2.05) is 0 Å². The summed E-state index contributed by atoms with van der Waals surface area (Å²) in [6.45, 7) is 6.48. The van der Waals surface area contributed by atoms with E-state index in [0.29, 0.717) is 6.04 Å². The van der Waals surface area contributed by atoms with E-state index in [1.54, 1.807) is 0 Å². The third-order valence-electron chi connectivity index (χ3n) is 4.04. The molecule has 0 aliphatic heterocycles. The van der Waals surface area contributed by atoms with Crippen molar-refractivity contribution in [2.45, 2.75) is 58.4 Å². The molecule has 0 spiro atoms. The summed E-state index contributed by atoms with van der Waals surface area (Å²) in [7, 11) is 0. The van der Waals surface area contributed by atoms with E-state index in [0.717, 1.165) is 30.9 Å². The molecular formula is C14H27N3. The van der Waals surface area contributed by atoms with Gasteiger partial charge < -0.3 is 10.6 Å². The quantitative estimate of drug-likeness (QED) is 0.582. The summed E-state index contributed by atoms with van der Waals surface area (Å²) in [4.78, 5) is 4.76. The number of hydrogen-bond acceptors (Lipinski definition) is 1. The van der Waals surface area contributed by atoms with Gasteiger partial charge in [-0.1, -0.05) is 26.2 Å². The molecule has 2 N–H and O–H groups in total. The molecule has 2 aliphatic carbocycles. The molecule has 0 amide bonds. The van der Waals surface area contributed by atoms with Crippen LogP contribution < -0.4 is 10.6 Å². The summed E-state index contributed by atoms with van der Waals surface area (Å²) in [6.07, 6.45) is 8.20. The van der Waals surface area contributed by atoms with Crippen LogP contribution in [0.15, 0.2) is 4.99 Å². The molecule has 0 heterocycles. The molecule has 0 saturated heterocycles. The Hall–Kier alpha value is -0.730. The van der Waals surface area contributed by atoms with Crippen LogP contribution in [0, 0.1) is 11.8 Å². The van der Waals surface area contributed by atoms with Gasteiger partial charge in [0.15, 0.2) is 5.96 Å². The molecule has 2 atom stereocenters. The molecule has 98 valence electrons. The second-order valence-corrected chi connectivity index (χ2v) is 5.66. The molecule has 0 radical (unpaired) electrons. The minimum absolute atomic E-state index is 0.691. The highest BCUT2D eigenvalue weighted by molar-refractivity contribution is 5.80. The maximum Gasteiger partial charge on any atom is 0.191 e. The topological polar surface area (TPSA) is 36.4 Å². The molecule has 17 heavy (non-hydrogen) atoms. The zero-order chi connectivity index (χ0) is 12.1. The number of rotatable bonds is 4. The molecule has 0 aromatic heterocycles. The maximum atomic E-state index is 4.76. The molecule has 0 aromatic rings. The van der Waals surface area contributed by atoms with Crippen LogP contribution in [-0.2, 0) is 0 Å². The molecule has 3 heteroatoms. The zero-order valence-electron chi connectivity index (χ0n) is 11.3. The first-order valence-corrected chi connectivity index (χ1v) is 7.34. The van der Waals surface area contributed by atoms with Gasteiger partial charge in [0.1, 0.15) is 0 Å². The van der Waals surface area contributed by atoms with Crippen molar-refractivity contribution in [3.05, 3.63) is 0 Å². The van der Waals surface area contributed by atoms with Crippen LogP contribution in [0.25, 0.3) is 0 Å². The Kier molecular flexibility index (Phi) is 4.69. The minimum Gasteiger partial charge on any atom is -0.357 e. The Labute approximate surface area is 105 Å². The van der Waals surface area contributed by atoms with Gasteiger partial charge in [0, 0.05) is 19.1 Å². The van der Waals surface area contributed by atoms with Crippen molar-refractivity contribution < 1.29 is 0 Å². The van der Waals surface area contributed by atoms with Crippen molar-refractivity contribution in [2.24, 2.45) is 16.8 Å². The normalized spacial score (nSPS) is 30.1. The van der Waals surface area contributed by atoms with Crippen LogP contribution >= 0.6 is 0 Å². The van der Waals surface area contributed by atoms with E-state index in [-0.39, 0.29) is 0 Å². The highest BCUT2D eigenvalue weighted by atomic mass is 15.2. The highest BCUT2D eigenvalue weighted by Crippen LogP contribution is 2.29. The van der Waals surface area contributed by atoms with Crippen LogP contribution in [0.3, 0.4) is 0 Å². The fraction of sp³-hybridized carbons (Fsp3) is 0.929. The fourth-order valence-electron chi connectivity index (χ4n) is 2.61. The number of aliphatic imine (C=N–C) groups is 1. The summed E-state index contributed by atoms with van der Waals surface area (Å²) in [5, 5.41) is 6.83. The van der Waals surface area contributed by atoms with Crippen molar-refractivity contribution >= 4 is 5.96 Å². The van der Waals surface area contributed by atoms with Crippen molar-refractivity contribution in [3.63, 3.8) is 0 Å². The smallest absolute Gasteiger partial charge is 0.191 e. The van der Waals surface area contributed by atoms with Gasteiger partial charge in [0.2, 0.25) is 0 Å². The molecular weight excluding hydrogens is 210 g/mol. The Bertz CT molecular complexity index is 258. The Morgan fingerprint density at radius 1 is 1.18 bits per heavy atom. The van der Waals surface area contributed by atoms with Gasteiger partial charge in [-0.25, -0.2) is 0 Å². The monoisotopic (exact) mass is 237 g/mol. The van der Waals surface area contributed by atoms with Crippen molar-refractivity contribution in [1.82, 2.24) is 10.6 Å². The summed E-state index contributed by atoms with van der Waals surface area (Å²) in [5.74, 6) is 2.70. The second kappa shape index (κ2) is 6.27. The summed E-state index contributed by atoms with van der Waals surface area (Å²) >= 11 is 0. The second-order valence-electron chi connectivity index (χ2n) is 5.66. The van der Waals surface area contributed by atoms with Crippen LogP contribution in [-0.4, -0.2) is 25.1 Å². The molecule has 2 unspecified atom stereocenters. The number of nitrogens with zero attached hydrogens (tertiary/aromatic N) is 1. The van der Waals surface area contributed by atoms with E-state index >= 15 is 0 Å². The first-order chi connectivity index (χ1) is 8.29. The lowest BCUT2D eigenvalue weighted by Gasteiger charge is -2.27. The number of nitrogens with one attached hydrogen (secondary N) is 2. The standard InChI is InChI=1S/C14H27N3/c1-3-15-14(17-13-8-9-13)16-10-12-7-5-4-6-11(12)2/h11-13H,3-10H2,1-2H3,(H2,15,16,17). The van der Waals surface area contributed by atoms with E-state index in [1.165, 1.54) is 38.5 Å². The van der Waals surface area contributed by atoms with Crippen LogP contribution in [0.4, 0.5) is 0 Å². The van der Waals surface area contributed by atoms with Crippen LogP contribution in [0.2, 0.25) is 0 Å². The van der Waals surface area contributed by atoms with Crippen LogP contribution in [0.1, 0.15) is 52.4 Å². The lowest BCUT2D eigenvalue weighted by Crippen LogP contribution is -2.39. The molecule has 0 bridgehead atoms. The van der Waals surface area contributed by atoms with Gasteiger partial charge >= 0.3 is 0 Å².